The molecule has 1 aliphatic heterocycles. The van der Waals surface area contributed by atoms with Crippen molar-refractivity contribution in [1.82, 2.24) is 10.4 Å². The second-order valence-electron chi connectivity index (χ2n) is 4.47. The van der Waals surface area contributed by atoms with Crippen molar-refractivity contribution in [1.29, 1.82) is 0 Å². The van der Waals surface area contributed by atoms with Gasteiger partial charge < -0.3 is 0 Å². The van der Waals surface area contributed by atoms with Crippen LogP contribution in [0.2, 0.25) is 0 Å². The monoisotopic (exact) mass is 272 g/mol. The van der Waals surface area contributed by atoms with Gasteiger partial charge in [0.25, 0.3) is 0 Å². The van der Waals surface area contributed by atoms with E-state index in [2.05, 4.69) is 5.43 Å². The molecule has 1 aromatic rings. The molecule has 3 nitrogen and oxygen atoms in total. The van der Waals surface area contributed by atoms with Gasteiger partial charge in [0.15, 0.2) is 0 Å². The molecule has 0 aliphatic carbocycles. The van der Waals surface area contributed by atoms with E-state index in [4.69, 9.17) is 0 Å². The summed E-state index contributed by atoms with van der Waals surface area (Å²) >= 11 is 0. The minimum atomic E-state index is -4.43. The van der Waals surface area contributed by atoms with E-state index < -0.39 is 12.2 Å². The number of hydrazine groups is 1. The summed E-state index contributed by atoms with van der Waals surface area (Å²) in [4.78, 5) is 11.2. The summed E-state index contributed by atoms with van der Waals surface area (Å²) in [6.45, 7) is 1.88. The average Bonchev–Trinajstić information content (AvgIpc) is 2.74. The number of aryl methyl sites for hydroxylation is 1. The molecule has 2 rings (SSSR count). The van der Waals surface area contributed by atoms with Crippen LogP contribution in [0.4, 0.5) is 13.2 Å². The molecule has 1 atom stereocenters. The first-order valence-corrected chi connectivity index (χ1v) is 6.14. The molecule has 1 N–H and O–H groups in total. The summed E-state index contributed by atoms with van der Waals surface area (Å²) in [5.41, 5.74) is 3.14. The number of alkyl halides is 3. The van der Waals surface area contributed by atoms with Crippen LogP contribution < -0.4 is 5.43 Å². The van der Waals surface area contributed by atoms with E-state index in [-0.39, 0.29) is 24.4 Å². The maximum absolute atomic E-state index is 13.3. The SMILES string of the molecule is CCc1ccccc1[C@H](N1CCC(=O)N1)C(F)(F)F. The third kappa shape index (κ3) is 2.89. The standard InChI is InChI=1S/C13H15F3N2O/c1-2-9-5-3-4-6-10(9)12(13(14,15)16)18-8-7-11(19)17-18/h3-6,12H,2,7-8H2,1H3,(H,17,19)/t12-/m0/s1. The summed E-state index contributed by atoms with van der Waals surface area (Å²) in [5, 5.41) is 0.983. The maximum atomic E-state index is 13.3. The number of nitrogens with one attached hydrogen (secondary N) is 1. The Morgan fingerprint density at radius 2 is 2.05 bits per heavy atom. The first-order valence-electron chi connectivity index (χ1n) is 6.14. The smallest absolute Gasteiger partial charge is 0.288 e. The highest BCUT2D eigenvalue weighted by molar-refractivity contribution is 5.77. The van der Waals surface area contributed by atoms with Crippen molar-refractivity contribution in [3.05, 3.63) is 35.4 Å². The predicted molar refractivity (Wildman–Crippen MR) is 64.1 cm³/mol. The van der Waals surface area contributed by atoms with Crippen molar-refractivity contribution in [2.24, 2.45) is 0 Å². The highest BCUT2D eigenvalue weighted by atomic mass is 19.4. The summed E-state index contributed by atoms with van der Waals surface area (Å²) in [6, 6.07) is 4.69. The Labute approximate surface area is 109 Å². The number of carbonyl (C=O) groups excluding carboxylic acids is 1. The Bertz CT molecular complexity index is 473. The fraction of sp³-hybridized carbons (Fsp3) is 0.462. The van der Waals surface area contributed by atoms with Crippen LogP contribution in [0.3, 0.4) is 0 Å². The first-order chi connectivity index (χ1) is 8.93. The van der Waals surface area contributed by atoms with E-state index in [0.29, 0.717) is 12.0 Å². The zero-order chi connectivity index (χ0) is 14.0. The predicted octanol–water partition coefficient (Wildman–Crippen LogP) is 2.59. The van der Waals surface area contributed by atoms with Gasteiger partial charge in [-0.15, -0.1) is 0 Å². The van der Waals surface area contributed by atoms with Gasteiger partial charge in [0.2, 0.25) is 5.91 Å². The first kappa shape index (κ1) is 13.9. The van der Waals surface area contributed by atoms with Gasteiger partial charge >= 0.3 is 6.18 Å². The lowest BCUT2D eigenvalue weighted by Gasteiger charge is -2.30. The van der Waals surface area contributed by atoms with Gasteiger partial charge in [-0.3, -0.25) is 10.2 Å². The largest absolute Gasteiger partial charge is 0.409 e. The molecule has 0 saturated carbocycles. The Balaban J connectivity index is 2.40. The molecular formula is C13H15F3N2O. The minimum absolute atomic E-state index is 0.0705. The number of amides is 1. The Kier molecular flexibility index (Phi) is 3.80. The van der Waals surface area contributed by atoms with E-state index in [0.717, 1.165) is 5.01 Å². The zero-order valence-electron chi connectivity index (χ0n) is 10.5. The molecule has 0 bridgehead atoms. The lowest BCUT2D eigenvalue weighted by atomic mass is 9.98. The van der Waals surface area contributed by atoms with Crippen LogP contribution in [0.1, 0.15) is 30.5 Å². The molecule has 1 aliphatic rings. The minimum Gasteiger partial charge on any atom is -0.288 e. The zero-order valence-corrected chi connectivity index (χ0v) is 10.5. The lowest BCUT2D eigenvalue weighted by Crippen LogP contribution is -2.44. The second-order valence-corrected chi connectivity index (χ2v) is 4.47. The number of rotatable bonds is 3. The van der Waals surface area contributed by atoms with Crippen molar-refractivity contribution >= 4 is 5.91 Å². The highest BCUT2D eigenvalue weighted by Gasteiger charge is 2.47. The molecular weight excluding hydrogens is 257 g/mol. The fourth-order valence-corrected chi connectivity index (χ4v) is 2.33. The van der Waals surface area contributed by atoms with E-state index >= 15 is 0 Å². The highest BCUT2D eigenvalue weighted by Crippen LogP contribution is 2.39. The van der Waals surface area contributed by atoms with Gasteiger partial charge in [-0.2, -0.15) is 13.2 Å². The van der Waals surface area contributed by atoms with E-state index in [9.17, 15) is 18.0 Å². The molecule has 19 heavy (non-hydrogen) atoms. The van der Waals surface area contributed by atoms with Crippen molar-refractivity contribution in [3.8, 4) is 0 Å². The van der Waals surface area contributed by atoms with Gasteiger partial charge in [-0.05, 0) is 17.5 Å². The lowest BCUT2D eigenvalue weighted by molar-refractivity contribution is -0.191. The van der Waals surface area contributed by atoms with Crippen LogP contribution in [0.15, 0.2) is 24.3 Å². The topological polar surface area (TPSA) is 32.3 Å². The van der Waals surface area contributed by atoms with Crippen molar-refractivity contribution < 1.29 is 18.0 Å². The Hall–Kier alpha value is -1.56. The van der Waals surface area contributed by atoms with Crippen LogP contribution >= 0.6 is 0 Å². The molecule has 6 heteroatoms. The molecule has 0 radical (unpaired) electrons. The van der Waals surface area contributed by atoms with Crippen molar-refractivity contribution in [2.75, 3.05) is 6.54 Å². The number of hydrogen-bond donors (Lipinski definition) is 1. The van der Waals surface area contributed by atoms with E-state index in [1.165, 1.54) is 6.07 Å². The molecule has 1 aromatic carbocycles. The number of benzene rings is 1. The Morgan fingerprint density at radius 1 is 1.37 bits per heavy atom. The third-order valence-electron chi connectivity index (χ3n) is 3.20. The summed E-state index contributed by atoms with van der Waals surface area (Å²) in [7, 11) is 0. The average molecular weight is 272 g/mol. The summed E-state index contributed by atoms with van der Waals surface area (Å²) in [5.74, 6) is -0.372. The van der Waals surface area contributed by atoms with Gasteiger partial charge in [-0.25, -0.2) is 5.01 Å². The molecule has 1 amide bonds. The van der Waals surface area contributed by atoms with Gasteiger partial charge in [0.05, 0.1) is 0 Å². The molecule has 0 unspecified atom stereocenters. The second kappa shape index (κ2) is 5.21. The number of nitrogens with zero attached hydrogens (tertiary/aromatic N) is 1. The number of halogens is 3. The van der Waals surface area contributed by atoms with Crippen LogP contribution in [0.25, 0.3) is 0 Å². The molecule has 1 saturated heterocycles. The molecule has 104 valence electrons. The Morgan fingerprint density at radius 3 is 2.58 bits per heavy atom. The molecule has 1 fully saturated rings. The van der Waals surface area contributed by atoms with Crippen molar-refractivity contribution in [2.45, 2.75) is 32.0 Å². The van der Waals surface area contributed by atoms with Crippen LogP contribution in [-0.4, -0.2) is 23.6 Å². The van der Waals surface area contributed by atoms with Crippen LogP contribution in [0.5, 0.6) is 0 Å². The van der Waals surface area contributed by atoms with Gasteiger partial charge in [0.1, 0.15) is 6.04 Å². The summed E-state index contributed by atoms with van der Waals surface area (Å²) in [6.07, 6.45) is -3.81. The molecule has 0 aromatic heterocycles. The molecule has 0 spiro atoms. The van der Waals surface area contributed by atoms with E-state index in [1.807, 2.05) is 6.92 Å². The van der Waals surface area contributed by atoms with Gasteiger partial charge in [0, 0.05) is 13.0 Å². The number of hydrogen-bond acceptors (Lipinski definition) is 2. The number of carbonyl (C=O) groups is 1. The summed E-state index contributed by atoms with van der Waals surface area (Å²) < 4.78 is 39.9. The molecule has 1 heterocycles. The van der Waals surface area contributed by atoms with E-state index in [1.54, 1.807) is 18.2 Å². The van der Waals surface area contributed by atoms with Crippen molar-refractivity contribution in [3.63, 3.8) is 0 Å². The van der Waals surface area contributed by atoms with Crippen LogP contribution in [-0.2, 0) is 11.2 Å². The maximum Gasteiger partial charge on any atom is 0.409 e. The quantitative estimate of drug-likeness (QED) is 0.917. The normalized spacial score (nSPS) is 18.4. The van der Waals surface area contributed by atoms with Gasteiger partial charge in [-0.1, -0.05) is 31.2 Å². The van der Waals surface area contributed by atoms with Crippen LogP contribution in [0, 0.1) is 0 Å². The third-order valence-corrected chi connectivity index (χ3v) is 3.20. The fourth-order valence-electron chi connectivity index (χ4n) is 2.33.